The molecule has 2 saturated heterocycles. The Balaban J connectivity index is 0.00000364. The highest BCUT2D eigenvalue weighted by Gasteiger charge is 2.34. The van der Waals surface area contributed by atoms with E-state index in [1.807, 2.05) is 20.8 Å². The highest BCUT2D eigenvalue weighted by atomic mass is 127. The number of aliphatic imine (C=N–C) groups is 1. The molecule has 27 heavy (non-hydrogen) atoms. The topological polar surface area (TPSA) is 84.4 Å². The van der Waals surface area contributed by atoms with E-state index < -0.39 is 5.60 Å². The van der Waals surface area contributed by atoms with E-state index in [-0.39, 0.29) is 36.1 Å². The minimum atomic E-state index is -0.458. The van der Waals surface area contributed by atoms with Gasteiger partial charge in [-0.2, -0.15) is 0 Å². The van der Waals surface area contributed by atoms with Crippen molar-refractivity contribution in [3.8, 4) is 0 Å². The molecule has 0 spiro atoms. The van der Waals surface area contributed by atoms with E-state index in [1.165, 1.54) is 0 Å². The van der Waals surface area contributed by atoms with Crippen molar-refractivity contribution in [1.82, 2.24) is 15.5 Å². The van der Waals surface area contributed by atoms with Gasteiger partial charge in [-0.25, -0.2) is 4.79 Å². The fraction of sp³-hybridized carbons (Fsp3) is 0.889. The van der Waals surface area contributed by atoms with E-state index in [0.717, 1.165) is 51.6 Å². The molecule has 0 radical (unpaired) electrons. The third-order valence-electron chi connectivity index (χ3n) is 4.23. The van der Waals surface area contributed by atoms with Crippen LogP contribution in [0.5, 0.6) is 0 Å². The zero-order valence-electron chi connectivity index (χ0n) is 17.0. The Kier molecular flexibility index (Phi) is 10.7. The second kappa shape index (κ2) is 11.9. The van der Waals surface area contributed by atoms with Crippen molar-refractivity contribution < 1.29 is 19.0 Å². The smallest absolute Gasteiger partial charge is 0.410 e. The largest absolute Gasteiger partial charge is 0.444 e. The standard InChI is InChI=1S/C18H34N4O4.HI/c1-18(2,3)26-17(23)22-12-14(13-22)21-16(19-4)20-8-5-9-25-15-6-10-24-11-7-15;/h14-15H,5-13H2,1-4H3,(H2,19,20,21);1H. The molecule has 0 unspecified atom stereocenters. The summed E-state index contributed by atoms with van der Waals surface area (Å²) in [6.45, 7) is 10.0. The van der Waals surface area contributed by atoms with Crippen molar-refractivity contribution in [3.63, 3.8) is 0 Å². The van der Waals surface area contributed by atoms with Crippen molar-refractivity contribution in [3.05, 3.63) is 0 Å². The molecule has 2 aliphatic rings. The van der Waals surface area contributed by atoms with Crippen LogP contribution in [0.2, 0.25) is 0 Å². The molecule has 2 fully saturated rings. The van der Waals surface area contributed by atoms with E-state index >= 15 is 0 Å². The summed E-state index contributed by atoms with van der Waals surface area (Å²) in [4.78, 5) is 17.8. The number of amides is 1. The Morgan fingerprint density at radius 3 is 2.52 bits per heavy atom. The highest BCUT2D eigenvalue weighted by Crippen LogP contribution is 2.15. The molecule has 0 saturated carbocycles. The number of carbonyl (C=O) groups excluding carboxylic acids is 1. The van der Waals surface area contributed by atoms with Crippen LogP contribution in [0.4, 0.5) is 4.79 Å². The minimum Gasteiger partial charge on any atom is -0.444 e. The van der Waals surface area contributed by atoms with Crippen LogP contribution in [0.1, 0.15) is 40.0 Å². The van der Waals surface area contributed by atoms with Crippen molar-refractivity contribution in [2.45, 2.75) is 57.8 Å². The minimum absolute atomic E-state index is 0. The van der Waals surface area contributed by atoms with Gasteiger partial charge < -0.3 is 29.7 Å². The lowest BCUT2D eigenvalue weighted by atomic mass is 10.1. The summed E-state index contributed by atoms with van der Waals surface area (Å²) < 4.78 is 16.5. The molecule has 0 aromatic carbocycles. The van der Waals surface area contributed by atoms with Gasteiger partial charge in [0.2, 0.25) is 0 Å². The molecule has 0 aromatic heterocycles. The van der Waals surface area contributed by atoms with Gasteiger partial charge in [-0.15, -0.1) is 24.0 Å². The molecule has 2 N–H and O–H groups in total. The summed E-state index contributed by atoms with van der Waals surface area (Å²) in [7, 11) is 1.75. The Hall–Kier alpha value is -0.810. The Bertz CT molecular complexity index is 472. The lowest BCUT2D eigenvalue weighted by Gasteiger charge is -2.40. The second-order valence-electron chi connectivity index (χ2n) is 7.76. The summed E-state index contributed by atoms with van der Waals surface area (Å²) in [5.41, 5.74) is -0.458. The maximum atomic E-state index is 11.9. The number of ether oxygens (including phenoxy) is 3. The first-order chi connectivity index (χ1) is 12.4. The molecule has 9 heteroatoms. The van der Waals surface area contributed by atoms with E-state index in [4.69, 9.17) is 14.2 Å². The molecule has 2 rings (SSSR count). The number of likely N-dealkylation sites (tertiary alicyclic amines) is 1. The van der Waals surface area contributed by atoms with Gasteiger partial charge in [-0.1, -0.05) is 0 Å². The zero-order chi connectivity index (χ0) is 19.0. The summed E-state index contributed by atoms with van der Waals surface area (Å²) in [6.07, 6.45) is 2.99. The lowest BCUT2D eigenvalue weighted by molar-refractivity contribution is -0.0320. The first-order valence-electron chi connectivity index (χ1n) is 9.52. The van der Waals surface area contributed by atoms with Crippen molar-refractivity contribution in [1.29, 1.82) is 0 Å². The fourth-order valence-corrected chi connectivity index (χ4v) is 2.80. The van der Waals surface area contributed by atoms with Crippen LogP contribution in [0.15, 0.2) is 4.99 Å². The Labute approximate surface area is 179 Å². The lowest BCUT2D eigenvalue weighted by Crippen LogP contribution is -2.63. The number of hydrogen-bond acceptors (Lipinski definition) is 5. The summed E-state index contributed by atoms with van der Waals surface area (Å²) in [5.74, 6) is 0.755. The van der Waals surface area contributed by atoms with Gasteiger partial charge in [-0.05, 0) is 40.0 Å². The van der Waals surface area contributed by atoms with Gasteiger partial charge >= 0.3 is 6.09 Å². The van der Waals surface area contributed by atoms with Gasteiger partial charge in [0.25, 0.3) is 0 Å². The van der Waals surface area contributed by atoms with Gasteiger partial charge in [0.05, 0.1) is 12.1 Å². The number of hydrogen-bond donors (Lipinski definition) is 2. The second-order valence-corrected chi connectivity index (χ2v) is 7.76. The highest BCUT2D eigenvalue weighted by molar-refractivity contribution is 14.0. The first-order valence-corrected chi connectivity index (χ1v) is 9.52. The van der Waals surface area contributed by atoms with E-state index in [9.17, 15) is 4.79 Å². The summed E-state index contributed by atoms with van der Waals surface area (Å²) in [6, 6.07) is 0.201. The maximum absolute atomic E-state index is 11.9. The van der Waals surface area contributed by atoms with Crippen molar-refractivity contribution >= 4 is 36.0 Å². The van der Waals surface area contributed by atoms with Crippen LogP contribution >= 0.6 is 24.0 Å². The van der Waals surface area contributed by atoms with Gasteiger partial charge in [0.1, 0.15) is 5.60 Å². The number of halogens is 1. The predicted molar refractivity (Wildman–Crippen MR) is 116 cm³/mol. The molecule has 0 atom stereocenters. The zero-order valence-corrected chi connectivity index (χ0v) is 19.3. The van der Waals surface area contributed by atoms with Crippen LogP contribution in [0, 0.1) is 0 Å². The molecule has 0 bridgehead atoms. The summed E-state index contributed by atoms with van der Waals surface area (Å²) >= 11 is 0. The Morgan fingerprint density at radius 2 is 1.93 bits per heavy atom. The quantitative estimate of drug-likeness (QED) is 0.252. The molecule has 8 nitrogen and oxygen atoms in total. The van der Waals surface area contributed by atoms with Gasteiger partial charge in [-0.3, -0.25) is 4.99 Å². The Morgan fingerprint density at radius 1 is 1.26 bits per heavy atom. The van der Waals surface area contributed by atoms with E-state index in [1.54, 1.807) is 11.9 Å². The van der Waals surface area contributed by atoms with Crippen LogP contribution in [0.25, 0.3) is 0 Å². The normalized spacial score (nSPS) is 19.1. The van der Waals surface area contributed by atoms with E-state index in [2.05, 4.69) is 15.6 Å². The third kappa shape index (κ3) is 9.29. The number of rotatable bonds is 6. The average molecular weight is 498 g/mol. The number of guanidine groups is 1. The monoisotopic (exact) mass is 498 g/mol. The maximum Gasteiger partial charge on any atom is 0.410 e. The first kappa shape index (κ1) is 24.2. The molecular weight excluding hydrogens is 463 g/mol. The summed E-state index contributed by atoms with van der Waals surface area (Å²) in [5, 5.41) is 6.61. The van der Waals surface area contributed by atoms with Gasteiger partial charge in [0.15, 0.2) is 5.96 Å². The fourth-order valence-electron chi connectivity index (χ4n) is 2.80. The average Bonchev–Trinajstić information content (AvgIpc) is 2.54. The molecule has 1 amide bonds. The molecule has 2 heterocycles. The van der Waals surface area contributed by atoms with Crippen LogP contribution < -0.4 is 10.6 Å². The molecule has 158 valence electrons. The van der Waals surface area contributed by atoms with E-state index in [0.29, 0.717) is 19.2 Å². The van der Waals surface area contributed by atoms with Crippen LogP contribution in [-0.4, -0.2) is 81.2 Å². The number of carbonyl (C=O) groups is 1. The SMILES string of the molecule is CN=C(NCCCOC1CCOCC1)NC1CN(C(=O)OC(C)(C)C)C1.I. The molecular formula is C18H35IN4O4. The molecule has 0 aliphatic carbocycles. The third-order valence-corrected chi connectivity index (χ3v) is 4.23. The van der Waals surface area contributed by atoms with Crippen LogP contribution in [-0.2, 0) is 14.2 Å². The van der Waals surface area contributed by atoms with Crippen molar-refractivity contribution in [2.24, 2.45) is 4.99 Å². The molecule has 2 aliphatic heterocycles. The molecule has 0 aromatic rings. The predicted octanol–water partition coefficient (Wildman–Crippen LogP) is 1.97. The van der Waals surface area contributed by atoms with Gasteiger partial charge in [0, 0.05) is 46.5 Å². The number of nitrogens with zero attached hydrogens (tertiary/aromatic N) is 2. The van der Waals surface area contributed by atoms with Crippen LogP contribution in [0.3, 0.4) is 0 Å². The number of nitrogens with one attached hydrogen (secondary N) is 2. The van der Waals surface area contributed by atoms with Crippen molar-refractivity contribution in [2.75, 3.05) is 46.5 Å².